The van der Waals surface area contributed by atoms with Crippen LogP contribution in [0.4, 0.5) is 9.18 Å². The van der Waals surface area contributed by atoms with Gasteiger partial charge in [0.05, 0.1) is 18.3 Å². The van der Waals surface area contributed by atoms with Crippen molar-refractivity contribution < 1.29 is 28.6 Å². The van der Waals surface area contributed by atoms with Crippen LogP contribution in [0.25, 0.3) is 11.3 Å². The molecule has 1 aromatic heterocycles. The van der Waals surface area contributed by atoms with Gasteiger partial charge >= 0.3 is 6.09 Å². The van der Waals surface area contributed by atoms with Gasteiger partial charge in [0.1, 0.15) is 23.4 Å². The lowest BCUT2D eigenvalue weighted by molar-refractivity contribution is -0.142. The van der Waals surface area contributed by atoms with E-state index in [1.165, 1.54) is 9.58 Å². The molecule has 0 aliphatic carbocycles. The number of hydrogen-bond acceptors (Lipinski definition) is 7. The Morgan fingerprint density at radius 3 is 2.24 bits per heavy atom. The number of likely N-dealkylation sites (tertiary alicyclic amines) is 1. The van der Waals surface area contributed by atoms with Crippen LogP contribution in [0.1, 0.15) is 59.6 Å². The van der Waals surface area contributed by atoms with Crippen molar-refractivity contribution in [3.05, 3.63) is 41.8 Å². The van der Waals surface area contributed by atoms with E-state index >= 15 is 0 Å². The number of carbonyl (C=O) groups is 3. The Bertz CT molecular complexity index is 1240. The molecule has 42 heavy (non-hydrogen) atoms. The molecule has 1 aromatic carbocycles. The number of aromatic nitrogens is 2. The van der Waals surface area contributed by atoms with Crippen molar-refractivity contribution in [3.8, 4) is 11.3 Å². The van der Waals surface area contributed by atoms with Gasteiger partial charge in [-0.3, -0.25) is 14.3 Å². The number of aliphatic hydroxyl groups is 1. The van der Waals surface area contributed by atoms with E-state index in [1.807, 2.05) is 51.9 Å². The third-order valence-corrected chi connectivity index (χ3v) is 6.98. The smallest absolute Gasteiger partial charge is 0.408 e. The molecule has 2 aromatic rings. The summed E-state index contributed by atoms with van der Waals surface area (Å²) < 4.78 is 21.1. The summed E-state index contributed by atoms with van der Waals surface area (Å²) in [6, 6.07) is 4.80. The first kappa shape index (κ1) is 33.0. The van der Waals surface area contributed by atoms with Gasteiger partial charge in [-0.25, -0.2) is 9.18 Å². The van der Waals surface area contributed by atoms with Crippen LogP contribution in [0, 0.1) is 11.2 Å². The molecule has 2 heterocycles. The van der Waals surface area contributed by atoms with Gasteiger partial charge in [-0.1, -0.05) is 45.0 Å². The van der Waals surface area contributed by atoms with Crippen molar-refractivity contribution in [1.29, 1.82) is 0 Å². The van der Waals surface area contributed by atoms with Crippen LogP contribution in [0.5, 0.6) is 0 Å². The second kappa shape index (κ2) is 12.8. The summed E-state index contributed by atoms with van der Waals surface area (Å²) in [4.78, 5) is 43.4. The van der Waals surface area contributed by atoms with Crippen molar-refractivity contribution >= 4 is 17.9 Å². The lowest BCUT2D eigenvalue weighted by Gasteiger charge is -2.36. The number of nitrogens with one attached hydrogen (secondary N) is 2. The Morgan fingerprint density at radius 1 is 1.12 bits per heavy atom. The zero-order chi connectivity index (χ0) is 31.6. The standard InChI is InChI=1S/C30H45FN6O5/c1-29(2,3)25(34-28(41)42-30(4,5)6)27(40)37-16-20(38)14-23(37)26(39)33-22(17-35(7)8)18-10-12-19(13-11-18)24-21(31)15-32-36(24)9/h10-13,15,20,22-23,25,38H,14,16-17H2,1-9H3,(H,33,39)(H,34,41)/t20-,22+,23+,25-/m1/s1. The molecular formula is C30H45FN6O5. The second-order valence-corrected chi connectivity index (χ2v) is 13.3. The summed E-state index contributed by atoms with van der Waals surface area (Å²) in [6.07, 6.45) is -0.410. The van der Waals surface area contributed by atoms with E-state index in [4.69, 9.17) is 4.74 Å². The van der Waals surface area contributed by atoms with Gasteiger partial charge in [-0.2, -0.15) is 5.10 Å². The van der Waals surface area contributed by atoms with E-state index < -0.39 is 59.0 Å². The molecule has 3 N–H and O–H groups in total. The van der Waals surface area contributed by atoms with E-state index in [2.05, 4.69) is 15.7 Å². The highest BCUT2D eigenvalue weighted by atomic mass is 19.1. The van der Waals surface area contributed by atoms with Gasteiger partial charge < -0.3 is 30.3 Å². The fraction of sp³-hybridized carbons (Fsp3) is 0.600. The number of aliphatic hydroxyl groups excluding tert-OH is 1. The summed E-state index contributed by atoms with van der Waals surface area (Å²) in [5, 5.41) is 20.2. The molecule has 0 saturated carbocycles. The molecule has 3 rings (SSSR count). The van der Waals surface area contributed by atoms with Gasteiger partial charge in [0.25, 0.3) is 0 Å². The van der Waals surface area contributed by atoms with Crippen LogP contribution < -0.4 is 10.6 Å². The number of halogens is 1. The van der Waals surface area contributed by atoms with Crippen molar-refractivity contribution in [2.24, 2.45) is 12.5 Å². The highest BCUT2D eigenvalue weighted by molar-refractivity contribution is 5.92. The highest BCUT2D eigenvalue weighted by Crippen LogP contribution is 2.28. The first-order chi connectivity index (χ1) is 19.4. The van der Waals surface area contributed by atoms with Crippen LogP contribution in [0.3, 0.4) is 0 Å². The minimum Gasteiger partial charge on any atom is -0.444 e. The quantitative estimate of drug-likeness (QED) is 0.433. The Kier molecular flexibility index (Phi) is 10.0. The number of likely N-dealkylation sites (N-methyl/N-ethyl adjacent to an activating group) is 1. The second-order valence-electron chi connectivity index (χ2n) is 13.3. The molecule has 0 bridgehead atoms. The van der Waals surface area contributed by atoms with Crippen LogP contribution in [0.15, 0.2) is 30.5 Å². The number of benzene rings is 1. The zero-order valence-electron chi connectivity index (χ0n) is 26.1. The molecule has 3 amide bonds. The number of aryl methyl sites for hydroxylation is 1. The Balaban J connectivity index is 1.83. The summed E-state index contributed by atoms with van der Waals surface area (Å²) in [7, 11) is 5.42. The van der Waals surface area contributed by atoms with Crippen molar-refractivity contribution in [3.63, 3.8) is 0 Å². The molecule has 12 heteroatoms. The van der Waals surface area contributed by atoms with Gasteiger partial charge in [0.2, 0.25) is 11.8 Å². The minimum absolute atomic E-state index is 0.0389. The molecule has 1 fully saturated rings. The molecule has 1 aliphatic rings. The van der Waals surface area contributed by atoms with E-state index in [9.17, 15) is 23.9 Å². The number of ether oxygens (including phenoxy) is 1. The lowest BCUT2D eigenvalue weighted by atomic mass is 9.85. The van der Waals surface area contributed by atoms with E-state index in [-0.39, 0.29) is 13.0 Å². The average molecular weight is 589 g/mol. The third-order valence-electron chi connectivity index (χ3n) is 6.98. The number of nitrogens with zero attached hydrogens (tertiary/aromatic N) is 4. The first-order valence-electron chi connectivity index (χ1n) is 14.1. The SMILES string of the molecule is CN(C)C[C@H](NC(=O)[C@@H]1C[C@@H](O)CN1C(=O)[C@@H](NC(=O)OC(C)(C)C)C(C)(C)C)c1ccc(-c2c(F)cnn2C)cc1. The van der Waals surface area contributed by atoms with Crippen molar-refractivity contribution in [2.45, 2.75) is 77.8 Å². The van der Waals surface area contributed by atoms with Gasteiger partial charge in [0.15, 0.2) is 5.82 Å². The lowest BCUT2D eigenvalue weighted by Crippen LogP contribution is -2.58. The molecule has 1 aliphatic heterocycles. The summed E-state index contributed by atoms with van der Waals surface area (Å²) in [5.74, 6) is -1.32. The number of hydrogen-bond donors (Lipinski definition) is 3. The first-order valence-corrected chi connectivity index (χ1v) is 14.1. The van der Waals surface area contributed by atoms with E-state index in [0.29, 0.717) is 17.8 Å². The van der Waals surface area contributed by atoms with Gasteiger partial charge in [-0.15, -0.1) is 0 Å². The number of carbonyl (C=O) groups excluding carboxylic acids is 3. The topological polar surface area (TPSA) is 129 Å². The zero-order valence-corrected chi connectivity index (χ0v) is 26.1. The van der Waals surface area contributed by atoms with Gasteiger partial charge in [0, 0.05) is 32.1 Å². The monoisotopic (exact) mass is 588 g/mol. The Hall–Kier alpha value is -3.51. The molecule has 11 nitrogen and oxygen atoms in total. The van der Waals surface area contributed by atoms with Crippen LogP contribution >= 0.6 is 0 Å². The minimum atomic E-state index is -0.995. The van der Waals surface area contributed by atoms with E-state index in [0.717, 1.165) is 11.8 Å². The number of rotatable bonds is 8. The molecule has 232 valence electrons. The molecule has 0 spiro atoms. The maximum absolute atomic E-state index is 14.2. The molecule has 0 radical (unpaired) electrons. The molecule has 0 unspecified atom stereocenters. The molecule has 4 atom stereocenters. The van der Waals surface area contributed by atoms with Crippen molar-refractivity contribution in [2.75, 3.05) is 27.2 Å². The summed E-state index contributed by atoms with van der Waals surface area (Å²) in [5.41, 5.74) is 0.335. The van der Waals surface area contributed by atoms with Crippen LogP contribution in [0.2, 0.25) is 0 Å². The largest absolute Gasteiger partial charge is 0.444 e. The van der Waals surface area contributed by atoms with Gasteiger partial charge in [-0.05, 0) is 45.8 Å². The van der Waals surface area contributed by atoms with E-state index in [1.54, 1.807) is 40.0 Å². The number of β-amino-alcohol motifs (C(OH)–C–C–N with tert-alkyl or cyclic N) is 1. The Labute approximate surface area is 247 Å². The Morgan fingerprint density at radius 2 is 1.74 bits per heavy atom. The number of amides is 3. The van der Waals surface area contributed by atoms with Crippen LogP contribution in [-0.2, 0) is 21.4 Å². The highest BCUT2D eigenvalue weighted by Gasteiger charge is 2.45. The fourth-order valence-corrected chi connectivity index (χ4v) is 5.02. The average Bonchev–Trinajstić information content (AvgIpc) is 3.41. The summed E-state index contributed by atoms with van der Waals surface area (Å²) >= 11 is 0. The normalized spacial score (nSPS) is 19.0. The predicted octanol–water partition coefficient (Wildman–Crippen LogP) is 2.85. The maximum atomic E-state index is 14.2. The summed E-state index contributed by atoms with van der Waals surface area (Å²) in [6.45, 7) is 11.0. The fourth-order valence-electron chi connectivity index (χ4n) is 5.02. The molecular weight excluding hydrogens is 543 g/mol. The van der Waals surface area contributed by atoms with Crippen molar-refractivity contribution in [1.82, 2.24) is 30.2 Å². The molecule has 1 saturated heterocycles. The predicted molar refractivity (Wildman–Crippen MR) is 157 cm³/mol. The maximum Gasteiger partial charge on any atom is 0.408 e. The third kappa shape index (κ3) is 8.28. The van der Waals surface area contributed by atoms with Crippen LogP contribution in [-0.4, -0.2) is 93.6 Å². The number of alkyl carbamates (subject to hydrolysis) is 1.